The number of ether oxygens (including phenoxy) is 3. The zero-order valence-corrected chi connectivity index (χ0v) is 14.9. The minimum Gasteiger partial charge on any atom is -0.469 e. The summed E-state index contributed by atoms with van der Waals surface area (Å²) in [6.07, 6.45) is 0. The van der Waals surface area contributed by atoms with Crippen LogP contribution in [-0.4, -0.2) is 41.0 Å². The first-order valence-electron chi connectivity index (χ1n) is 7.59. The second-order valence-corrected chi connectivity index (χ2v) is 7.38. The second kappa shape index (κ2) is 8.64. The quantitative estimate of drug-likeness (QED) is 0.670. The smallest absolute Gasteiger partial charge is 0.312 e. The molecule has 2 aromatic carbocycles. The minimum absolute atomic E-state index is 0.0267. The van der Waals surface area contributed by atoms with Crippen LogP contribution in [0.1, 0.15) is 0 Å². The lowest BCUT2D eigenvalue weighted by molar-refractivity contribution is -0.146. The van der Waals surface area contributed by atoms with Gasteiger partial charge in [-0.15, -0.1) is 0 Å². The number of carbonyl (C=O) groups is 1. The maximum atomic E-state index is 12.5. The molecule has 0 saturated heterocycles. The standard InChI is InChI=1S/C18H20O6S/c1-22-12-14(18(19)23-2)13-25(20,21)17-10-8-16(9-11-17)24-15-6-4-3-5-7-15/h3-11,14H,12-13H2,1-2H3. The first kappa shape index (κ1) is 19.0. The van der Waals surface area contributed by atoms with Crippen molar-refractivity contribution in [3.63, 3.8) is 0 Å². The maximum absolute atomic E-state index is 12.5. The molecule has 0 aliphatic heterocycles. The number of methoxy groups -OCH3 is 2. The number of hydrogen-bond acceptors (Lipinski definition) is 6. The van der Waals surface area contributed by atoms with Crippen molar-refractivity contribution in [3.05, 3.63) is 54.6 Å². The van der Waals surface area contributed by atoms with Gasteiger partial charge in [-0.25, -0.2) is 8.42 Å². The van der Waals surface area contributed by atoms with Crippen LogP contribution in [0, 0.1) is 5.92 Å². The SMILES string of the molecule is COCC(CS(=O)(=O)c1ccc(Oc2ccccc2)cc1)C(=O)OC. The van der Waals surface area contributed by atoms with Gasteiger partial charge in [0.2, 0.25) is 0 Å². The average Bonchev–Trinajstić information content (AvgIpc) is 2.62. The Kier molecular flexibility index (Phi) is 6.55. The first-order valence-corrected chi connectivity index (χ1v) is 9.24. The summed E-state index contributed by atoms with van der Waals surface area (Å²) in [5.74, 6) is -0.697. The van der Waals surface area contributed by atoms with E-state index in [2.05, 4.69) is 4.74 Å². The van der Waals surface area contributed by atoms with Gasteiger partial charge in [0, 0.05) is 7.11 Å². The average molecular weight is 364 g/mol. The Morgan fingerprint density at radius 3 is 2.12 bits per heavy atom. The highest BCUT2D eigenvalue weighted by molar-refractivity contribution is 7.91. The fourth-order valence-corrected chi connectivity index (χ4v) is 3.76. The summed E-state index contributed by atoms with van der Waals surface area (Å²) in [6, 6.07) is 15.2. The van der Waals surface area contributed by atoms with Crippen molar-refractivity contribution in [1.82, 2.24) is 0 Å². The Labute approximate surface area is 147 Å². The summed E-state index contributed by atoms with van der Waals surface area (Å²) >= 11 is 0. The van der Waals surface area contributed by atoms with Crippen LogP contribution in [0.2, 0.25) is 0 Å². The number of benzene rings is 2. The van der Waals surface area contributed by atoms with Gasteiger partial charge in [-0.05, 0) is 36.4 Å². The van der Waals surface area contributed by atoms with Crippen molar-refractivity contribution in [2.24, 2.45) is 5.92 Å². The molecule has 0 N–H and O–H groups in total. The van der Waals surface area contributed by atoms with Gasteiger partial charge in [0.1, 0.15) is 11.5 Å². The zero-order valence-electron chi connectivity index (χ0n) is 14.0. The van der Waals surface area contributed by atoms with E-state index in [0.717, 1.165) is 0 Å². The predicted molar refractivity (Wildman–Crippen MR) is 92.4 cm³/mol. The van der Waals surface area contributed by atoms with Gasteiger partial charge in [0.15, 0.2) is 9.84 Å². The molecule has 0 radical (unpaired) electrons. The van der Waals surface area contributed by atoms with Crippen molar-refractivity contribution < 1.29 is 27.4 Å². The number of rotatable bonds is 8. The third-order valence-electron chi connectivity index (χ3n) is 3.48. The number of esters is 1. The molecule has 6 nitrogen and oxygen atoms in total. The van der Waals surface area contributed by atoms with Crippen LogP contribution in [0.3, 0.4) is 0 Å². The van der Waals surface area contributed by atoms with E-state index in [0.29, 0.717) is 11.5 Å². The summed E-state index contributed by atoms with van der Waals surface area (Å²) < 4.78 is 40.2. The van der Waals surface area contributed by atoms with Crippen LogP contribution in [0.15, 0.2) is 59.5 Å². The van der Waals surface area contributed by atoms with Crippen LogP contribution in [0.4, 0.5) is 0 Å². The molecular weight excluding hydrogens is 344 g/mol. The highest BCUT2D eigenvalue weighted by Crippen LogP contribution is 2.23. The Bertz CT molecular complexity index is 784. The molecular formula is C18H20O6S. The largest absolute Gasteiger partial charge is 0.469 e. The van der Waals surface area contributed by atoms with Crippen LogP contribution < -0.4 is 4.74 Å². The monoisotopic (exact) mass is 364 g/mol. The highest BCUT2D eigenvalue weighted by Gasteiger charge is 2.27. The van der Waals surface area contributed by atoms with E-state index in [4.69, 9.17) is 9.47 Å². The summed E-state index contributed by atoms with van der Waals surface area (Å²) in [7, 11) is -1.05. The summed E-state index contributed by atoms with van der Waals surface area (Å²) in [6.45, 7) is -0.0267. The number of hydrogen-bond donors (Lipinski definition) is 0. The third-order valence-corrected chi connectivity index (χ3v) is 5.32. The molecule has 0 aliphatic carbocycles. The van der Waals surface area contributed by atoms with Crippen LogP contribution in [0.5, 0.6) is 11.5 Å². The number of sulfone groups is 1. The maximum Gasteiger partial charge on any atom is 0.312 e. The van der Waals surface area contributed by atoms with Crippen molar-refractivity contribution in [1.29, 1.82) is 0 Å². The minimum atomic E-state index is -3.66. The van der Waals surface area contributed by atoms with Crippen LogP contribution in [-0.2, 0) is 24.1 Å². The highest BCUT2D eigenvalue weighted by atomic mass is 32.2. The third kappa shape index (κ3) is 5.30. The Hall–Kier alpha value is -2.38. The lowest BCUT2D eigenvalue weighted by atomic mass is 10.2. The van der Waals surface area contributed by atoms with E-state index >= 15 is 0 Å². The zero-order chi connectivity index (χ0) is 18.3. The number of carbonyl (C=O) groups excluding carboxylic acids is 1. The van der Waals surface area contributed by atoms with E-state index < -0.39 is 21.7 Å². The molecule has 0 fully saturated rings. The fraction of sp³-hybridized carbons (Fsp3) is 0.278. The predicted octanol–water partition coefficient (Wildman–Crippen LogP) is 2.69. The molecule has 25 heavy (non-hydrogen) atoms. The molecule has 134 valence electrons. The van der Waals surface area contributed by atoms with E-state index in [1.165, 1.54) is 26.4 Å². The van der Waals surface area contributed by atoms with Gasteiger partial charge in [-0.1, -0.05) is 18.2 Å². The summed E-state index contributed by atoms with van der Waals surface area (Å²) in [4.78, 5) is 11.8. The van der Waals surface area contributed by atoms with Crippen molar-refractivity contribution in [2.75, 3.05) is 26.6 Å². The lowest BCUT2D eigenvalue weighted by Crippen LogP contribution is -2.29. The molecule has 0 bridgehead atoms. The van der Waals surface area contributed by atoms with E-state index in [1.807, 2.05) is 18.2 Å². The molecule has 0 aromatic heterocycles. The van der Waals surface area contributed by atoms with Gasteiger partial charge in [0.05, 0.1) is 30.3 Å². The molecule has 2 rings (SSSR count). The van der Waals surface area contributed by atoms with Gasteiger partial charge >= 0.3 is 5.97 Å². The van der Waals surface area contributed by atoms with Crippen molar-refractivity contribution in [2.45, 2.75) is 4.90 Å². The van der Waals surface area contributed by atoms with E-state index in [-0.39, 0.29) is 17.3 Å². The number of para-hydroxylation sites is 1. The van der Waals surface area contributed by atoms with Gasteiger partial charge < -0.3 is 14.2 Å². The van der Waals surface area contributed by atoms with Crippen LogP contribution >= 0.6 is 0 Å². The molecule has 7 heteroatoms. The normalized spacial score (nSPS) is 12.4. The lowest BCUT2D eigenvalue weighted by Gasteiger charge is -2.14. The van der Waals surface area contributed by atoms with Crippen LogP contribution in [0.25, 0.3) is 0 Å². The summed E-state index contributed by atoms with van der Waals surface area (Å²) in [5, 5.41) is 0. The summed E-state index contributed by atoms with van der Waals surface area (Å²) in [5.41, 5.74) is 0. The molecule has 0 aliphatic rings. The van der Waals surface area contributed by atoms with Crippen molar-refractivity contribution >= 4 is 15.8 Å². The topological polar surface area (TPSA) is 78.9 Å². The van der Waals surface area contributed by atoms with Gasteiger partial charge in [0.25, 0.3) is 0 Å². The van der Waals surface area contributed by atoms with Crippen molar-refractivity contribution in [3.8, 4) is 11.5 Å². The molecule has 1 unspecified atom stereocenters. The molecule has 1 atom stereocenters. The molecule has 0 amide bonds. The Morgan fingerprint density at radius 1 is 0.960 bits per heavy atom. The Morgan fingerprint density at radius 2 is 1.56 bits per heavy atom. The first-order chi connectivity index (χ1) is 12.0. The second-order valence-electron chi connectivity index (χ2n) is 5.34. The fourth-order valence-electron chi connectivity index (χ4n) is 2.25. The Balaban J connectivity index is 2.12. The van der Waals surface area contributed by atoms with E-state index in [1.54, 1.807) is 24.3 Å². The van der Waals surface area contributed by atoms with E-state index in [9.17, 15) is 13.2 Å². The van der Waals surface area contributed by atoms with Gasteiger partial charge in [-0.3, -0.25) is 4.79 Å². The molecule has 2 aromatic rings. The molecule has 0 spiro atoms. The van der Waals surface area contributed by atoms with Gasteiger partial charge in [-0.2, -0.15) is 0 Å². The molecule has 0 saturated carbocycles. The molecule has 0 heterocycles.